The van der Waals surface area contributed by atoms with Crippen molar-refractivity contribution in [3.8, 4) is 11.5 Å². The molecule has 0 aliphatic carbocycles. The fraction of sp³-hybridized carbons (Fsp3) is 0.463. The predicted molar refractivity (Wildman–Crippen MR) is 207 cm³/mol. The molecule has 6 aliphatic rings. The molecule has 0 unspecified atom stereocenters. The van der Waals surface area contributed by atoms with E-state index in [0.29, 0.717) is 41.4 Å². The number of sulfonamides is 1. The van der Waals surface area contributed by atoms with Gasteiger partial charge in [0.15, 0.2) is 0 Å². The van der Waals surface area contributed by atoms with Gasteiger partial charge in [0.1, 0.15) is 29.5 Å². The Morgan fingerprint density at radius 3 is 2.30 bits per heavy atom. The van der Waals surface area contributed by atoms with Gasteiger partial charge in [0.2, 0.25) is 15.4 Å². The molecule has 6 aliphatic heterocycles. The van der Waals surface area contributed by atoms with Crippen LogP contribution in [-0.4, -0.2) is 77.0 Å². The van der Waals surface area contributed by atoms with Crippen molar-refractivity contribution in [3.63, 3.8) is 0 Å². The Bertz CT molecular complexity index is 2600. The molecule has 6 heterocycles. The zero-order valence-corrected chi connectivity index (χ0v) is 33.2. The fourth-order valence-electron chi connectivity index (χ4n) is 9.56. The van der Waals surface area contributed by atoms with Crippen molar-refractivity contribution in [3.05, 3.63) is 74.3 Å². The second-order valence-electron chi connectivity index (χ2n) is 15.7. The number of ether oxygens (including phenoxy) is 1. The third-order valence-electron chi connectivity index (χ3n) is 12.0. The maximum absolute atomic E-state index is 13.6. The lowest BCUT2D eigenvalue weighted by Crippen LogP contribution is -2.45. The average Bonchev–Trinajstić information content (AvgIpc) is 3.50. The van der Waals surface area contributed by atoms with E-state index >= 15 is 0 Å². The highest BCUT2D eigenvalue weighted by atomic mass is 32.2. The van der Waals surface area contributed by atoms with Crippen molar-refractivity contribution in [1.82, 2.24) is 14.4 Å². The van der Waals surface area contributed by atoms with E-state index in [-0.39, 0.29) is 36.3 Å². The zero-order valence-electron chi connectivity index (χ0n) is 31.6. The molecular formula is C41H45N4O10S2+. The monoisotopic (exact) mass is 817 g/mol. The number of hydroxylamine groups is 2. The Morgan fingerprint density at radius 2 is 1.53 bits per heavy atom. The van der Waals surface area contributed by atoms with E-state index in [2.05, 4.69) is 26.3 Å². The van der Waals surface area contributed by atoms with Crippen LogP contribution in [0.5, 0.6) is 11.5 Å². The van der Waals surface area contributed by atoms with Crippen molar-refractivity contribution >= 4 is 49.2 Å². The molecule has 16 heteroatoms. The van der Waals surface area contributed by atoms with Crippen LogP contribution in [0.2, 0.25) is 0 Å². The highest BCUT2D eigenvalue weighted by molar-refractivity contribution is 7.89. The summed E-state index contributed by atoms with van der Waals surface area (Å²) in [5.41, 5.74) is 7.34. The summed E-state index contributed by atoms with van der Waals surface area (Å²) in [7, 11) is -9.18. The third-order valence-corrected chi connectivity index (χ3v) is 14.4. The van der Waals surface area contributed by atoms with Gasteiger partial charge in [-0.25, -0.2) is 22.5 Å². The average molecular weight is 818 g/mol. The van der Waals surface area contributed by atoms with E-state index in [1.807, 2.05) is 0 Å². The number of unbranched alkanes of at least 4 members (excludes halogenated alkanes) is 2. The van der Waals surface area contributed by atoms with Crippen LogP contribution in [-0.2, 0) is 65.0 Å². The summed E-state index contributed by atoms with van der Waals surface area (Å²) in [6.45, 7) is 3.87. The van der Waals surface area contributed by atoms with E-state index < -0.39 is 42.8 Å². The van der Waals surface area contributed by atoms with Gasteiger partial charge in [-0.15, -0.1) is 5.06 Å². The number of hydrogen-bond acceptors (Lipinski definition) is 10. The van der Waals surface area contributed by atoms with E-state index in [9.17, 15) is 35.8 Å². The smallest absolute Gasteiger partial charge is 0.333 e. The molecule has 2 amide bonds. The van der Waals surface area contributed by atoms with Gasteiger partial charge in [-0.2, -0.15) is 8.42 Å². The lowest BCUT2D eigenvalue weighted by atomic mass is 9.82. The van der Waals surface area contributed by atoms with Crippen LogP contribution in [0.25, 0.3) is 5.57 Å². The van der Waals surface area contributed by atoms with Crippen LogP contribution >= 0.6 is 0 Å². The van der Waals surface area contributed by atoms with Gasteiger partial charge in [-0.05, 0) is 81.2 Å². The molecule has 0 saturated carbocycles. The standard InChI is InChI=1S/C41H44N4O10S2/c46-34-15-16-35(47)45(34)55-36(48)12-2-1-3-17-42-56(49,50)27-13-14-28(33(24-27)57(51,52)53)37-31-22-25-8-4-18-43-20-6-10-29(38(25)43)40(31)54-41-30-11-7-21-44-19-5-9-26(39(30)44)23-32(37)41/h13-14,22-24,42H,1-12,15-21H2/p+1. The molecule has 57 heavy (non-hydrogen) atoms. The normalized spacial score (nSPS) is 18.5. The first-order valence-electron chi connectivity index (χ1n) is 20.0. The highest BCUT2D eigenvalue weighted by Crippen LogP contribution is 2.49. The molecule has 0 atom stereocenters. The second kappa shape index (κ2) is 14.6. The van der Waals surface area contributed by atoms with Gasteiger partial charge in [0, 0.05) is 90.5 Å². The Kier molecular flexibility index (Phi) is 9.73. The van der Waals surface area contributed by atoms with Gasteiger partial charge in [-0.3, -0.25) is 14.1 Å². The van der Waals surface area contributed by atoms with Crippen molar-refractivity contribution in [2.24, 2.45) is 0 Å². The molecule has 3 aromatic carbocycles. The van der Waals surface area contributed by atoms with Gasteiger partial charge < -0.3 is 14.5 Å². The first kappa shape index (κ1) is 37.9. The maximum atomic E-state index is 13.6. The molecule has 0 spiro atoms. The summed E-state index contributed by atoms with van der Waals surface area (Å²) < 4.78 is 76.7. The van der Waals surface area contributed by atoms with Crippen LogP contribution in [0.15, 0.2) is 40.1 Å². The summed E-state index contributed by atoms with van der Waals surface area (Å²) in [5, 5.41) is 2.45. The number of rotatable bonds is 11. The van der Waals surface area contributed by atoms with E-state index in [0.717, 1.165) is 106 Å². The van der Waals surface area contributed by atoms with Crippen molar-refractivity contribution in [2.45, 2.75) is 99.7 Å². The number of fused-ring (bicyclic) bond motifs is 4. The van der Waals surface area contributed by atoms with E-state index in [4.69, 9.17) is 9.57 Å². The Balaban J connectivity index is 1.06. The molecule has 14 nitrogen and oxygen atoms in total. The van der Waals surface area contributed by atoms with Gasteiger partial charge >= 0.3 is 5.97 Å². The van der Waals surface area contributed by atoms with Crippen molar-refractivity contribution < 1.29 is 45.3 Å². The Hall–Kier alpha value is -4.64. The lowest BCUT2D eigenvalue weighted by molar-refractivity contribution is -0.197. The summed E-state index contributed by atoms with van der Waals surface area (Å²) in [6, 6.07) is 8.13. The lowest BCUT2D eigenvalue weighted by Gasteiger charge is -2.39. The second-order valence-corrected chi connectivity index (χ2v) is 18.9. The minimum absolute atomic E-state index is 0.000193. The minimum atomic E-state index is -4.95. The first-order valence-corrected chi connectivity index (χ1v) is 22.9. The number of hydrogen-bond donors (Lipinski definition) is 2. The van der Waals surface area contributed by atoms with Crippen LogP contribution in [0.3, 0.4) is 0 Å². The first-order chi connectivity index (χ1) is 27.4. The van der Waals surface area contributed by atoms with Crippen molar-refractivity contribution in [2.75, 3.05) is 37.6 Å². The topological polar surface area (TPSA) is 180 Å². The molecule has 1 fully saturated rings. The predicted octanol–water partition coefficient (Wildman–Crippen LogP) is 2.81. The number of carbonyl (C=O) groups excluding carboxylic acids is 3. The molecule has 9 rings (SSSR count). The van der Waals surface area contributed by atoms with Crippen LogP contribution < -0.4 is 29.5 Å². The SMILES string of the molecule is O=C(CCCCCNS(=O)(=O)c1ccc(C2=c3cc4c5c(c3Oc3c2cc2c6c3CCCN6CCC2)CCC[N+]=5CCC4)c(S(=O)(=O)O)c1)ON1C(=O)CCC1=O. The summed E-state index contributed by atoms with van der Waals surface area (Å²) in [4.78, 5) is 42.0. The van der Waals surface area contributed by atoms with Crippen molar-refractivity contribution in [1.29, 1.82) is 0 Å². The van der Waals surface area contributed by atoms with Gasteiger partial charge in [-0.1, -0.05) is 12.5 Å². The zero-order chi connectivity index (χ0) is 39.6. The fourth-order valence-corrected chi connectivity index (χ4v) is 11.5. The van der Waals surface area contributed by atoms with E-state index in [1.165, 1.54) is 34.3 Å². The summed E-state index contributed by atoms with van der Waals surface area (Å²) in [5.74, 6) is -0.441. The molecule has 0 aromatic heterocycles. The number of imide groups is 1. The Morgan fingerprint density at radius 1 is 0.807 bits per heavy atom. The molecule has 2 N–H and O–H groups in total. The third kappa shape index (κ3) is 6.83. The molecule has 300 valence electrons. The molecule has 3 aromatic rings. The number of aryl methyl sites for hydroxylation is 2. The summed E-state index contributed by atoms with van der Waals surface area (Å²) in [6.07, 6.45) is 8.33. The molecule has 0 bridgehead atoms. The number of anilines is 1. The number of carbonyl (C=O) groups is 3. The quantitative estimate of drug-likeness (QED) is 0.0985. The molecule has 0 radical (unpaired) electrons. The van der Waals surface area contributed by atoms with E-state index in [1.54, 1.807) is 0 Å². The van der Waals surface area contributed by atoms with Gasteiger partial charge in [0.25, 0.3) is 21.9 Å². The van der Waals surface area contributed by atoms with Gasteiger partial charge in [0.05, 0.1) is 10.5 Å². The number of benzene rings is 3. The van der Waals surface area contributed by atoms with Crippen LogP contribution in [0.1, 0.15) is 97.6 Å². The highest BCUT2D eigenvalue weighted by Gasteiger charge is 2.37. The largest absolute Gasteiger partial charge is 0.455 e. The number of nitrogens with one attached hydrogen (secondary N) is 1. The minimum Gasteiger partial charge on any atom is -0.455 e. The van der Waals surface area contributed by atoms with Crippen LogP contribution in [0.4, 0.5) is 5.69 Å². The van der Waals surface area contributed by atoms with Crippen LogP contribution in [0, 0.1) is 0 Å². The maximum Gasteiger partial charge on any atom is 0.333 e. The number of amides is 2. The molecule has 1 saturated heterocycles. The Labute approximate surface area is 330 Å². The number of nitrogens with zero attached hydrogens (tertiary/aromatic N) is 3. The molecular weight excluding hydrogens is 773 g/mol. The summed E-state index contributed by atoms with van der Waals surface area (Å²) >= 11 is 0.